The zero-order valence-electron chi connectivity index (χ0n) is 32.4. The predicted molar refractivity (Wildman–Crippen MR) is 235 cm³/mol. The van der Waals surface area contributed by atoms with Crippen LogP contribution < -0.4 is 29.5 Å². The summed E-state index contributed by atoms with van der Waals surface area (Å²) in [6.07, 6.45) is 0. The molecule has 19 heteroatoms. The Morgan fingerprint density at radius 1 is 0.649 bits per heavy atom. The number of methoxy groups -OCH3 is 2. The smallest absolute Gasteiger partial charge is 0.244 e. The average Bonchev–Trinajstić information content (AvgIpc) is 3.65. The second-order valence-electron chi connectivity index (χ2n) is 13.8. The van der Waals surface area contributed by atoms with Crippen LogP contribution in [0.1, 0.15) is 11.4 Å². The summed E-state index contributed by atoms with van der Waals surface area (Å²) in [5, 5.41) is 14.7. The van der Waals surface area contributed by atoms with Gasteiger partial charge in [-0.15, -0.1) is 0 Å². The molecule has 308 valence electrons. The van der Waals surface area contributed by atoms with Crippen molar-refractivity contribution in [2.45, 2.75) is 26.9 Å². The lowest BCUT2D eigenvalue weighted by molar-refractivity contribution is -0.133. The van der Waals surface area contributed by atoms with E-state index in [1.807, 2.05) is 60.0 Å². The van der Waals surface area contributed by atoms with Gasteiger partial charge in [0.05, 0.1) is 40.7 Å². The second-order valence-corrected chi connectivity index (χ2v) is 16.4. The maximum absolute atomic E-state index is 12.9. The molecule has 2 aromatic carbocycles. The first-order valence-corrected chi connectivity index (χ1v) is 21.3. The van der Waals surface area contributed by atoms with Gasteiger partial charge in [-0.2, -0.15) is 10.2 Å². The van der Waals surface area contributed by atoms with Crippen LogP contribution in [-0.4, -0.2) is 134 Å². The Hall–Kier alpha value is -3.35. The van der Waals surface area contributed by atoms with Gasteiger partial charge in [-0.3, -0.25) is 19.0 Å². The van der Waals surface area contributed by atoms with Crippen molar-refractivity contribution in [3.05, 3.63) is 71.6 Å². The first kappa shape index (κ1) is 43.2. The van der Waals surface area contributed by atoms with Crippen LogP contribution in [0.15, 0.2) is 36.4 Å². The Morgan fingerprint density at radius 2 is 1.09 bits per heavy atom. The normalized spacial score (nSPS) is 16.1. The highest BCUT2D eigenvalue weighted by Gasteiger charge is 2.26. The third-order valence-corrected chi connectivity index (χ3v) is 13.1. The van der Waals surface area contributed by atoms with E-state index in [2.05, 4.69) is 52.8 Å². The van der Waals surface area contributed by atoms with Gasteiger partial charge in [-0.1, -0.05) is 46.4 Å². The maximum Gasteiger partial charge on any atom is 0.244 e. The Bertz CT molecular complexity index is 2040. The van der Waals surface area contributed by atoms with Crippen LogP contribution in [0.25, 0.3) is 0 Å². The molecule has 0 atom stereocenters. The molecule has 7 rings (SSSR count). The lowest BCUT2D eigenvalue weighted by Crippen LogP contribution is -2.49. The van der Waals surface area contributed by atoms with Crippen LogP contribution in [0.3, 0.4) is 0 Å². The molecule has 0 aliphatic carbocycles. The second kappa shape index (κ2) is 19.6. The Labute approximate surface area is 366 Å². The van der Waals surface area contributed by atoms with E-state index in [1.54, 1.807) is 23.6 Å². The zero-order valence-corrected chi connectivity index (χ0v) is 37.6. The first-order valence-electron chi connectivity index (χ1n) is 18.7. The van der Waals surface area contributed by atoms with Gasteiger partial charge in [-0.05, 0) is 60.7 Å². The van der Waals surface area contributed by atoms with Crippen molar-refractivity contribution in [3.63, 3.8) is 0 Å². The summed E-state index contributed by atoms with van der Waals surface area (Å²) in [4.78, 5) is 35.9. The summed E-state index contributed by atoms with van der Waals surface area (Å²) in [6, 6.07) is 11.5. The molecule has 2 aromatic heterocycles. The van der Waals surface area contributed by atoms with Gasteiger partial charge in [0.25, 0.3) is 0 Å². The summed E-state index contributed by atoms with van der Waals surface area (Å²) >= 11 is 27.0. The molecular weight excluding hydrogens is 929 g/mol. The molecule has 1 N–H and O–H groups in total. The summed E-state index contributed by atoms with van der Waals surface area (Å²) in [5.74, 6) is 2.20. The topological polar surface area (TPSA) is 116 Å². The number of piperazine rings is 3. The number of halogens is 5. The molecular formula is C38H47Cl4IN10O4. The van der Waals surface area contributed by atoms with E-state index < -0.39 is 0 Å². The van der Waals surface area contributed by atoms with Crippen molar-refractivity contribution in [2.75, 3.05) is 107 Å². The molecule has 0 radical (unpaired) electrons. The van der Waals surface area contributed by atoms with Crippen molar-refractivity contribution in [1.82, 2.24) is 34.7 Å². The molecule has 14 nitrogen and oxygen atoms in total. The SMILES string of the molecule is COc1cc(N2CCN(C(=O)Cn3nc(I)c(Cl)c3C)CC2)ccc1Cl.COc1cc(N2CCN(C(=O)Cn3nc(N4CCNCC4)c(Cl)c3C)CC2)ccc1Cl. The molecule has 0 spiro atoms. The molecule has 4 aromatic rings. The van der Waals surface area contributed by atoms with Crippen LogP contribution in [0.2, 0.25) is 20.1 Å². The number of rotatable bonds is 9. The van der Waals surface area contributed by atoms with E-state index in [0.29, 0.717) is 57.8 Å². The summed E-state index contributed by atoms with van der Waals surface area (Å²) in [7, 11) is 3.21. The number of nitrogens with zero attached hydrogens (tertiary/aromatic N) is 9. The minimum Gasteiger partial charge on any atom is -0.495 e. The van der Waals surface area contributed by atoms with Gasteiger partial charge < -0.3 is 39.3 Å². The molecule has 0 saturated carbocycles. The summed E-state index contributed by atoms with van der Waals surface area (Å²) < 4.78 is 14.7. The zero-order chi connectivity index (χ0) is 40.8. The molecule has 57 heavy (non-hydrogen) atoms. The first-order chi connectivity index (χ1) is 27.4. The fourth-order valence-corrected chi connectivity index (χ4v) is 8.39. The number of nitrogens with one attached hydrogen (secondary N) is 1. The van der Waals surface area contributed by atoms with Crippen LogP contribution in [0.5, 0.6) is 11.5 Å². The highest BCUT2D eigenvalue weighted by Crippen LogP contribution is 2.32. The van der Waals surface area contributed by atoms with E-state index in [9.17, 15) is 9.59 Å². The van der Waals surface area contributed by atoms with Gasteiger partial charge >= 0.3 is 0 Å². The third-order valence-electron chi connectivity index (χ3n) is 10.5. The van der Waals surface area contributed by atoms with Gasteiger partial charge in [0, 0.05) is 102 Å². The molecule has 2 amide bonds. The number of anilines is 3. The van der Waals surface area contributed by atoms with Crippen molar-refractivity contribution >= 4 is 98.0 Å². The van der Waals surface area contributed by atoms with Crippen molar-refractivity contribution in [2.24, 2.45) is 0 Å². The van der Waals surface area contributed by atoms with Crippen molar-refractivity contribution in [1.29, 1.82) is 0 Å². The van der Waals surface area contributed by atoms with Crippen LogP contribution in [-0.2, 0) is 22.7 Å². The quantitative estimate of drug-likeness (QED) is 0.209. The third kappa shape index (κ3) is 10.3. The molecule has 3 aliphatic heterocycles. The van der Waals surface area contributed by atoms with Gasteiger partial charge in [0.15, 0.2) is 5.82 Å². The van der Waals surface area contributed by atoms with E-state index in [0.717, 1.165) is 84.6 Å². The Morgan fingerprint density at radius 3 is 1.51 bits per heavy atom. The number of hydrogen-bond donors (Lipinski definition) is 1. The fourth-order valence-electron chi connectivity index (χ4n) is 6.96. The number of amides is 2. The minimum atomic E-state index is 0.0528. The van der Waals surface area contributed by atoms with Crippen molar-refractivity contribution < 1.29 is 19.1 Å². The lowest BCUT2D eigenvalue weighted by Gasteiger charge is -2.36. The number of benzene rings is 2. The molecule has 3 fully saturated rings. The predicted octanol–water partition coefficient (Wildman–Crippen LogP) is 5.73. The molecule has 5 heterocycles. The molecule has 3 saturated heterocycles. The summed E-state index contributed by atoms with van der Waals surface area (Å²) in [6.45, 7) is 13.4. The minimum absolute atomic E-state index is 0.0528. The van der Waals surface area contributed by atoms with Gasteiger partial charge in [0.1, 0.15) is 33.3 Å². The van der Waals surface area contributed by atoms with E-state index in [4.69, 9.17) is 55.9 Å². The van der Waals surface area contributed by atoms with E-state index >= 15 is 0 Å². The highest BCUT2D eigenvalue weighted by atomic mass is 127. The van der Waals surface area contributed by atoms with Gasteiger partial charge in [-0.25, -0.2) is 0 Å². The lowest BCUT2D eigenvalue weighted by atomic mass is 10.2. The maximum atomic E-state index is 12.9. The average molecular weight is 977 g/mol. The van der Waals surface area contributed by atoms with Crippen LogP contribution in [0.4, 0.5) is 17.2 Å². The summed E-state index contributed by atoms with van der Waals surface area (Å²) in [5.41, 5.74) is 3.73. The van der Waals surface area contributed by atoms with E-state index in [1.165, 1.54) is 0 Å². The largest absolute Gasteiger partial charge is 0.495 e. The molecule has 3 aliphatic rings. The fraction of sp³-hybridized carbons (Fsp3) is 0.474. The monoisotopic (exact) mass is 974 g/mol. The van der Waals surface area contributed by atoms with Gasteiger partial charge in [0.2, 0.25) is 11.8 Å². The van der Waals surface area contributed by atoms with Crippen molar-refractivity contribution in [3.8, 4) is 11.5 Å². The number of carbonyl (C=O) groups is 2. The standard InChI is InChI=1S/C21H28Cl2N6O2.C17H19Cl2IN4O2/c1-15-20(23)21(28-7-5-24-6-8-28)25-29(15)14-19(30)27-11-9-26(10-12-27)16-3-4-17(22)18(13-16)31-2;1-11-16(19)17(20)21-24(11)10-15(25)23-7-5-22(6-8-23)12-3-4-13(18)14(9-12)26-2/h3-4,13,24H,5-12,14H2,1-2H3;3-4,9H,5-8,10H2,1-2H3. The Kier molecular flexibility index (Phi) is 14.9. The number of aromatic nitrogens is 4. The molecule has 0 unspecified atom stereocenters. The number of ether oxygens (including phenoxy) is 2. The highest BCUT2D eigenvalue weighted by molar-refractivity contribution is 14.1. The number of carbonyl (C=O) groups excluding carboxylic acids is 2. The molecule has 0 bridgehead atoms. The van der Waals surface area contributed by atoms with E-state index in [-0.39, 0.29) is 24.9 Å². The van der Waals surface area contributed by atoms with Crippen LogP contribution >= 0.6 is 69.0 Å². The number of hydrogen-bond acceptors (Lipinski definition) is 10. The van der Waals surface area contributed by atoms with Crippen LogP contribution in [0, 0.1) is 17.5 Å². The Balaban J connectivity index is 0.000000196.